The van der Waals surface area contributed by atoms with Crippen molar-refractivity contribution in [3.05, 3.63) is 96.3 Å². The minimum atomic E-state index is 0.0360. The van der Waals surface area contributed by atoms with E-state index in [1.807, 2.05) is 73.1 Å². The maximum atomic E-state index is 12.5. The molecule has 0 bridgehead atoms. The van der Waals surface area contributed by atoms with E-state index in [0.29, 0.717) is 6.42 Å². The van der Waals surface area contributed by atoms with E-state index < -0.39 is 0 Å². The lowest BCUT2D eigenvalue weighted by Gasteiger charge is -2.19. The summed E-state index contributed by atoms with van der Waals surface area (Å²) in [6.45, 7) is 0. The van der Waals surface area contributed by atoms with Gasteiger partial charge in [0.1, 0.15) is 0 Å². The average Bonchev–Trinajstić information content (AvgIpc) is 3.08. The third kappa shape index (κ3) is 3.11. The third-order valence-corrected chi connectivity index (χ3v) is 3.65. The van der Waals surface area contributed by atoms with Gasteiger partial charge in [0.15, 0.2) is 5.78 Å². The summed E-state index contributed by atoms with van der Waals surface area (Å²) in [5.74, 6) is 0.165. The van der Waals surface area contributed by atoms with E-state index in [-0.39, 0.29) is 11.8 Å². The first kappa shape index (κ1) is 13.4. The van der Waals surface area contributed by atoms with E-state index in [4.69, 9.17) is 0 Å². The molecule has 0 spiro atoms. The second-order valence-corrected chi connectivity index (χ2v) is 5.05. The lowest BCUT2D eigenvalue weighted by molar-refractivity contribution is 0.0969. The monoisotopic (exact) mass is 275 g/mol. The maximum Gasteiger partial charge on any atom is 0.165 e. The molecule has 1 heterocycles. The van der Waals surface area contributed by atoms with Crippen molar-refractivity contribution in [2.75, 3.05) is 0 Å². The SMILES string of the molecule is O=C(CC(c1ccccc1)n1cccc1)c1ccccc1. The second-order valence-electron chi connectivity index (χ2n) is 5.05. The highest BCUT2D eigenvalue weighted by Gasteiger charge is 2.17. The number of rotatable bonds is 5. The van der Waals surface area contributed by atoms with Crippen molar-refractivity contribution < 1.29 is 4.79 Å². The summed E-state index contributed by atoms with van der Waals surface area (Å²) >= 11 is 0. The van der Waals surface area contributed by atoms with Gasteiger partial charge in [0.05, 0.1) is 6.04 Å². The minimum Gasteiger partial charge on any atom is -0.346 e. The molecule has 0 radical (unpaired) electrons. The summed E-state index contributed by atoms with van der Waals surface area (Å²) in [5.41, 5.74) is 1.92. The summed E-state index contributed by atoms with van der Waals surface area (Å²) in [4.78, 5) is 12.5. The smallest absolute Gasteiger partial charge is 0.165 e. The molecule has 2 aromatic carbocycles. The van der Waals surface area contributed by atoms with Crippen molar-refractivity contribution >= 4 is 5.78 Å². The number of aromatic nitrogens is 1. The Morgan fingerprint density at radius 1 is 0.810 bits per heavy atom. The lowest BCUT2D eigenvalue weighted by atomic mass is 9.98. The standard InChI is InChI=1S/C19H17NO/c21-19(17-11-5-2-6-12-17)15-18(20-13-7-8-14-20)16-9-3-1-4-10-16/h1-14,18H,15H2. The second kappa shape index (κ2) is 6.23. The van der Waals surface area contributed by atoms with Gasteiger partial charge >= 0.3 is 0 Å². The molecule has 0 N–H and O–H groups in total. The van der Waals surface area contributed by atoms with Crippen molar-refractivity contribution in [1.29, 1.82) is 0 Å². The van der Waals surface area contributed by atoms with Gasteiger partial charge in [-0.15, -0.1) is 0 Å². The van der Waals surface area contributed by atoms with Crippen molar-refractivity contribution in [2.24, 2.45) is 0 Å². The summed E-state index contributed by atoms with van der Waals surface area (Å²) in [5, 5.41) is 0. The van der Waals surface area contributed by atoms with E-state index in [9.17, 15) is 4.79 Å². The van der Waals surface area contributed by atoms with E-state index in [1.165, 1.54) is 0 Å². The molecule has 0 saturated carbocycles. The quantitative estimate of drug-likeness (QED) is 0.634. The van der Waals surface area contributed by atoms with Gasteiger partial charge in [-0.2, -0.15) is 0 Å². The number of carbonyl (C=O) groups is 1. The molecule has 3 aromatic rings. The molecule has 21 heavy (non-hydrogen) atoms. The Hall–Kier alpha value is -2.61. The molecule has 1 aromatic heterocycles. The zero-order chi connectivity index (χ0) is 14.5. The highest BCUT2D eigenvalue weighted by Crippen LogP contribution is 2.24. The van der Waals surface area contributed by atoms with Gasteiger partial charge < -0.3 is 4.57 Å². The Kier molecular flexibility index (Phi) is 3.97. The molecule has 104 valence electrons. The number of benzene rings is 2. The molecule has 0 aliphatic carbocycles. The Morgan fingerprint density at radius 3 is 2.00 bits per heavy atom. The predicted molar refractivity (Wildman–Crippen MR) is 84.4 cm³/mol. The Labute approximate surface area is 124 Å². The molecule has 2 heteroatoms. The van der Waals surface area contributed by atoms with Crippen LogP contribution in [0.3, 0.4) is 0 Å². The number of carbonyl (C=O) groups excluding carboxylic acids is 1. The highest BCUT2D eigenvalue weighted by atomic mass is 16.1. The van der Waals surface area contributed by atoms with E-state index in [0.717, 1.165) is 11.1 Å². The highest BCUT2D eigenvalue weighted by molar-refractivity contribution is 5.96. The summed E-state index contributed by atoms with van der Waals surface area (Å²) in [6, 6.07) is 23.7. The molecule has 1 unspecified atom stereocenters. The molecule has 0 aliphatic rings. The van der Waals surface area contributed by atoms with Crippen LogP contribution in [0.4, 0.5) is 0 Å². The zero-order valence-electron chi connectivity index (χ0n) is 11.7. The molecule has 0 fully saturated rings. The van der Waals surface area contributed by atoms with Gasteiger partial charge in [-0.25, -0.2) is 0 Å². The van der Waals surface area contributed by atoms with Crippen LogP contribution in [-0.2, 0) is 0 Å². The van der Waals surface area contributed by atoms with Crippen molar-refractivity contribution in [3.8, 4) is 0 Å². The fourth-order valence-corrected chi connectivity index (χ4v) is 2.54. The fourth-order valence-electron chi connectivity index (χ4n) is 2.54. The van der Waals surface area contributed by atoms with Crippen LogP contribution < -0.4 is 0 Å². The van der Waals surface area contributed by atoms with Crippen LogP contribution in [0.25, 0.3) is 0 Å². The molecule has 3 rings (SSSR count). The molecular weight excluding hydrogens is 258 g/mol. The first-order valence-electron chi connectivity index (χ1n) is 7.10. The van der Waals surface area contributed by atoms with Crippen LogP contribution in [0.2, 0.25) is 0 Å². The van der Waals surface area contributed by atoms with Crippen LogP contribution >= 0.6 is 0 Å². The molecule has 0 aliphatic heterocycles. The number of hydrogen-bond donors (Lipinski definition) is 0. The summed E-state index contributed by atoms with van der Waals surface area (Å²) in [6.07, 6.45) is 4.48. The van der Waals surface area contributed by atoms with Crippen LogP contribution in [0.15, 0.2) is 85.2 Å². The van der Waals surface area contributed by atoms with Gasteiger partial charge in [-0.3, -0.25) is 4.79 Å². The largest absolute Gasteiger partial charge is 0.346 e. The van der Waals surface area contributed by atoms with E-state index in [2.05, 4.69) is 16.7 Å². The van der Waals surface area contributed by atoms with E-state index >= 15 is 0 Å². The topological polar surface area (TPSA) is 22.0 Å². The Bertz CT molecular complexity index is 687. The summed E-state index contributed by atoms with van der Waals surface area (Å²) in [7, 11) is 0. The first-order valence-corrected chi connectivity index (χ1v) is 7.10. The maximum absolute atomic E-state index is 12.5. The van der Waals surface area contributed by atoms with Crippen molar-refractivity contribution in [3.63, 3.8) is 0 Å². The zero-order valence-corrected chi connectivity index (χ0v) is 11.7. The van der Waals surface area contributed by atoms with Gasteiger partial charge in [0.2, 0.25) is 0 Å². The number of nitrogens with zero attached hydrogens (tertiary/aromatic N) is 1. The number of Topliss-reactive ketones (excluding diaryl/α,β-unsaturated/α-hetero) is 1. The van der Waals surface area contributed by atoms with Gasteiger partial charge in [-0.1, -0.05) is 60.7 Å². The fraction of sp³-hybridized carbons (Fsp3) is 0.105. The van der Waals surface area contributed by atoms with Crippen LogP contribution in [0, 0.1) is 0 Å². The molecule has 0 saturated heterocycles. The van der Waals surface area contributed by atoms with Crippen LogP contribution in [0.5, 0.6) is 0 Å². The predicted octanol–water partition coefficient (Wildman–Crippen LogP) is 4.35. The third-order valence-electron chi connectivity index (χ3n) is 3.65. The van der Waals surface area contributed by atoms with Crippen molar-refractivity contribution in [1.82, 2.24) is 4.57 Å². The number of ketones is 1. The summed E-state index contributed by atoms with van der Waals surface area (Å²) < 4.78 is 2.09. The molecule has 2 nitrogen and oxygen atoms in total. The normalized spacial score (nSPS) is 12.0. The van der Waals surface area contributed by atoms with Crippen molar-refractivity contribution in [2.45, 2.75) is 12.5 Å². The van der Waals surface area contributed by atoms with Crippen LogP contribution in [-0.4, -0.2) is 10.4 Å². The van der Waals surface area contributed by atoms with E-state index in [1.54, 1.807) is 0 Å². The molecule has 1 atom stereocenters. The lowest BCUT2D eigenvalue weighted by Crippen LogP contribution is -2.14. The van der Waals surface area contributed by atoms with Gasteiger partial charge in [-0.05, 0) is 17.7 Å². The van der Waals surface area contributed by atoms with Gasteiger partial charge in [0, 0.05) is 24.4 Å². The first-order chi connectivity index (χ1) is 10.3. The Balaban J connectivity index is 1.89. The van der Waals surface area contributed by atoms with Crippen LogP contribution in [0.1, 0.15) is 28.4 Å². The average molecular weight is 275 g/mol. The number of hydrogen-bond acceptors (Lipinski definition) is 1. The Morgan fingerprint density at radius 2 is 1.38 bits per heavy atom. The van der Waals surface area contributed by atoms with Gasteiger partial charge in [0.25, 0.3) is 0 Å². The molecular formula is C19H17NO. The molecule has 0 amide bonds. The minimum absolute atomic E-state index is 0.0360.